The molecule has 2 N–H and O–H groups in total. The molecule has 3 aromatic rings. The number of rotatable bonds is 4. The van der Waals surface area contributed by atoms with Crippen molar-refractivity contribution in [2.24, 2.45) is 0 Å². The number of benzene rings is 1. The molecule has 0 spiro atoms. The average molecular weight is 406 g/mol. The summed E-state index contributed by atoms with van der Waals surface area (Å²) in [6, 6.07) is 14.5. The molecule has 30 heavy (non-hydrogen) atoms. The fourth-order valence-corrected chi connectivity index (χ4v) is 5.29. The highest BCUT2D eigenvalue weighted by Gasteiger charge is 2.43. The number of hydrogen-bond acceptors (Lipinski definition) is 3. The van der Waals surface area contributed by atoms with Crippen molar-refractivity contribution < 1.29 is 9.90 Å². The Morgan fingerprint density at radius 3 is 2.90 bits per heavy atom. The van der Waals surface area contributed by atoms with E-state index in [1.54, 1.807) is 6.20 Å². The topological polar surface area (TPSA) is 69.2 Å². The predicted molar refractivity (Wildman–Crippen MR) is 119 cm³/mol. The minimum absolute atomic E-state index is 0. The molecule has 5 heteroatoms. The van der Waals surface area contributed by atoms with Crippen LogP contribution in [0, 0.1) is 0 Å². The van der Waals surface area contributed by atoms with Gasteiger partial charge in [0.1, 0.15) is 5.65 Å². The number of H-pyrrole nitrogens is 1. The Hall–Kier alpha value is -2.66. The van der Waals surface area contributed by atoms with Crippen molar-refractivity contribution in [2.75, 3.05) is 6.54 Å². The number of piperidine rings is 1. The molecule has 1 saturated carbocycles. The van der Waals surface area contributed by atoms with E-state index in [0.717, 1.165) is 47.8 Å². The Labute approximate surface area is 178 Å². The molecule has 1 amide bonds. The largest absolute Gasteiger partial charge is 0.390 e. The highest BCUT2D eigenvalue weighted by Crippen LogP contribution is 2.40. The predicted octanol–water partition coefficient (Wildman–Crippen LogP) is 4.63. The first-order valence-electron chi connectivity index (χ1n) is 10.6. The van der Waals surface area contributed by atoms with Gasteiger partial charge in [-0.05, 0) is 55.4 Å². The minimum atomic E-state index is -0.555. The Balaban J connectivity index is 0.00000218. The summed E-state index contributed by atoms with van der Waals surface area (Å²) in [6.07, 6.45) is 8.51. The lowest BCUT2D eigenvalue weighted by Crippen LogP contribution is -2.55. The standard InChI is InChI=1S/C24H27N3O2.CH4/c28-22(27-13-11-24(29)10-4-8-18(27)15-24)14-20(17-6-2-1-3-7-17)21-16-26-23-19(21)9-5-12-25-23;/h1-3,5-7,9,12,16,18,20,29H,4,8,10-11,13-15H2,(H,25,26);1H4. The number of hydrogen-bond donors (Lipinski definition) is 2. The first kappa shape index (κ1) is 20.6. The van der Waals surface area contributed by atoms with E-state index in [4.69, 9.17) is 0 Å². The number of fused-ring (bicyclic) bond motifs is 3. The van der Waals surface area contributed by atoms with Gasteiger partial charge >= 0.3 is 0 Å². The maximum atomic E-state index is 13.4. The van der Waals surface area contributed by atoms with Gasteiger partial charge in [-0.2, -0.15) is 0 Å². The second kappa shape index (κ2) is 8.23. The SMILES string of the molecule is C.O=C(CC(c1ccccc1)c1c[nH]c2ncccc12)N1CCC2(O)CCCC1C2. The summed E-state index contributed by atoms with van der Waals surface area (Å²) in [5.41, 5.74) is 2.56. The third-order valence-corrected chi connectivity index (χ3v) is 6.81. The van der Waals surface area contributed by atoms with E-state index >= 15 is 0 Å². The quantitative estimate of drug-likeness (QED) is 0.665. The summed E-state index contributed by atoms with van der Waals surface area (Å²) in [4.78, 5) is 23.2. The number of carbonyl (C=O) groups is 1. The molecule has 3 unspecified atom stereocenters. The molecule has 2 bridgehead atoms. The van der Waals surface area contributed by atoms with Crippen LogP contribution in [0.3, 0.4) is 0 Å². The van der Waals surface area contributed by atoms with Crippen LogP contribution in [0.1, 0.15) is 63.0 Å². The molecule has 5 nitrogen and oxygen atoms in total. The number of amides is 1. The molecule has 1 aromatic carbocycles. The van der Waals surface area contributed by atoms with Crippen molar-refractivity contribution in [2.45, 2.75) is 63.5 Å². The monoisotopic (exact) mass is 405 g/mol. The molecule has 1 saturated heterocycles. The Morgan fingerprint density at radius 1 is 1.23 bits per heavy atom. The highest BCUT2D eigenvalue weighted by atomic mass is 16.3. The number of aromatic amines is 1. The van der Waals surface area contributed by atoms with Crippen LogP contribution in [0.4, 0.5) is 0 Å². The van der Waals surface area contributed by atoms with E-state index in [2.05, 4.69) is 28.2 Å². The van der Waals surface area contributed by atoms with E-state index in [9.17, 15) is 9.90 Å². The Bertz CT molecular complexity index is 1020. The van der Waals surface area contributed by atoms with Crippen molar-refractivity contribution in [1.82, 2.24) is 14.9 Å². The summed E-state index contributed by atoms with van der Waals surface area (Å²) >= 11 is 0. The van der Waals surface area contributed by atoms with Crippen LogP contribution < -0.4 is 0 Å². The third-order valence-electron chi connectivity index (χ3n) is 6.81. The molecule has 3 atom stereocenters. The van der Waals surface area contributed by atoms with E-state index in [-0.39, 0.29) is 25.3 Å². The first-order valence-corrected chi connectivity index (χ1v) is 10.6. The summed E-state index contributed by atoms with van der Waals surface area (Å²) in [5.74, 6) is 0.164. The molecular formula is C25H31N3O2. The van der Waals surface area contributed by atoms with Gasteiger partial charge in [0.15, 0.2) is 0 Å². The number of aromatic nitrogens is 2. The summed E-state index contributed by atoms with van der Waals surface area (Å²) < 4.78 is 0. The lowest BCUT2D eigenvalue weighted by atomic mass is 9.75. The van der Waals surface area contributed by atoms with Crippen molar-refractivity contribution in [1.29, 1.82) is 0 Å². The second-order valence-corrected chi connectivity index (χ2v) is 8.62. The number of aliphatic hydroxyl groups is 1. The lowest BCUT2D eigenvalue weighted by Gasteiger charge is -2.48. The maximum absolute atomic E-state index is 13.4. The fourth-order valence-electron chi connectivity index (χ4n) is 5.29. The van der Waals surface area contributed by atoms with Gasteiger partial charge in [-0.25, -0.2) is 4.98 Å². The summed E-state index contributed by atoms with van der Waals surface area (Å²) in [7, 11) is 0. The maximum Gasteiger partial charge on any atom is 0.223 e. The Kier molecular flexibility index (Phi) is 5.65. The van der Waals surface area contributed by atoms with Gasteiger partial charge in [0.05, 0.1) is 5.60 Å². The number of carbonyl (C=O) groups excluding carboxylic acids is 1. The summed E-state index contributed by atoms with van der Waals surface area (Å²) in [5, 5.41) is 11.7. The van der Waals surface area contributed by atoms with Crippen molar-refractivity contribution in [3.05, 3.63) is 66.0 Å². The van der Waals surface area contributed by atoms with Gasteiger partial charge in [-0.3, -0.25) is 4.79 Å². The van der Waals surface area contributed by atoms with Crippen LogP contribution in [0.5, 0.6) is 0 Å². The number of pyridine rings is 1. The molecule has 2 aromatic heterocycles. The average Bonchev–Trinajstić information content (AvgIpc) is 3.16. The molecule has 1 aliphatic heterocycles. The number of likely N-dealkylation sites (tertiary alicyclic amines) is 1. The van der Waals surface area contributed by atoms with Crippen LogP contribution in [0.2, 0.25) is 0 Å². The van der Waals surface area contributed by atoms with Gasteiger partial charge in [-0.15, -0.1) is 0 Å². The lowest BCUT2D eigenvalue weighted by molar-refractivity contribution is -0.144. The van der Waals surface area contributed by atoms with Crippen molar-refractivity contribution in [3.63, 3.8) is 0 Å². The van der Waals surface area contributed by atoms with Gasteiger partial charge in [-0.1, -0.05) is 37.8 Å². The fraction of sp³-hybridized carbons (Fsp3) is 0.440. The molecule has 0 radical (unpaired) electrons. The molecule has 1 aliphatic carbocycles. The van der Waals surface area contributed by atoms with E-state index in [0.29, 0.717) is 19.4 Å². The Morgan fingerprint density at radius 2 is 2.07 bits per heavy atom. The van der Waals surface area contributed by atoms with Crippen molar-refractivity contribution in [3.8, 4) is 0 Å². The van der Waals surface area contributed by atoms with E-state index < -0.39 is 5.60 Å². The van der Waals surface area contributed by atoms with E-state index in [1.807, 2.05) is 35.4 Å². The van der Waals surface area contributed by atoms with Crippen LogP contribution >= 0.6 is 0 Å². The highest BCUT2D eigenvalue weighted by molar-refractivity contribution is 5.84. The molecule has 3 heterocycles. The zero-order chi connectivity index (χ0) is 19.8. The minimum Gasteiger partial charge on any atom is -0.390 e. The van der Waals surface area contributed by atoms with E-state index in [1.165, 1.54) is 0 Å². The van der Waals surface area contributed by atoms with Crippen LogP contribution in [-0.4, -0.2) is 44.1 Å². The smallest absolute Gasteiger partial charge is 0.223 e. The van der Waals surface area contributed by atoms with Crippen LogP contribution in [0.15, 0.2) is 54.9 Å². The van der Waals surface area contributed by atoms with Crippen LogP contribution in [-0.2, 0) is 4.79 Å². The number of nitrogens with one attached hydrogen (secondary N) is 1. The molecular weight excluding hydrogens is 374 g/mol. The normalized spacial score (nSPS) is 24.3. The van der Waals surface area contributed by atoms with Gasteiger partial charge in [0.25, 0.3) is 0 Å². The zero-order valence-electron chi connectivity index (χ0n) is 16.6. The van der Waals surface area contributed by atoms with Crippen molar-refractivity contribution >= 4 is 16.9 Å². The third kappa shape index (κ3) is 3.74. The first-order chi connectivity index (χ1) is 14.1. The molecule has 2 fully saturated rings. The zero-order valence-corrected chi connectivity index (χ0v) is 16.6. The number of nitrogens with zero attached hydrogens (tertiary/aromatic N) is 2. The van der Waals surface area contributed by atoms with Gasteiger partial charge < -0.3 is 15.0 Å². The van der Waals surface area contributed by atoms with Crippen LogP contribution in [0.25, 0.3) is 11.0 Å². The molecule has 2 aliphatic rings. The van der Waals surface area contributed by atoms with Gasteiger partial charge in [0.2, 0.25) is 5.91 Å². The second-order valence-electron chi connectivity index (χ2n) is 8.62. The molecule has 158 valence electrons. The summed E-state index contributed by atoms with van der Waals surface area (Å²) in [6.45, 7) is 0.664. The van der Waals surface area contributed by atoms with Gasteiger partial charge in [0, 0.05) is 42.7 Å². The molecule has 5 rings (SSSR count).